The lowest BCUT2D eigenvalue weighted by Crippen LogP contribution is -2.47. The third kappa shape index (κ3) is 6.39. The number of morpholine rings is 1. The topological polar surface area (TPSA) is 44.8 Å². The van der Waals surface area contributed by atoms with Crippen LogP contribution < -0.4 is 5.32 Å². The van der Waals surface area contributed by atoms with Gasteiger partial charge in [-0.3, -0.25) is 4.79 Å². The molecule has 1 N–H and O–H groups in total. The fourth-order valence-corrected chi connectivity index (χ4v) is 3.79. The van der Waals surface area contributed by atoms with E-state index in [1.807, 2.05) is 0 Å². The second-order valence-corrected chi connectivity index (χ2v) is 6.76. The molecular formula is C16H31Cl2N3O2. The number of hydrogen-bond donors (Lipinski definition) is 1. The van der Waals surface area contributed by atoms with Gasteiger partial charge in [-0.05, 0) is 44.7 Å². The van der Waals surface area contributed by atoms with E-state index in [0.717, 1.165) is 32.2 Å². The smallest absolute Gasteiger partial charge is 0.224 e. The molecule has 3 saturated heterocycles. The Kier molecular flexibility index (Phi) is 9.78. The summed E-state index contributed by atoms with van der Waals surface area (Å²) in [7, 11) is 0. The monoisotopic (exact) mass is 367 g/mol. The summed E-state index contributed by atoms with van der Waals surface area (Å²) in [5.41, 5.74) is 0. The first-order valence-corrected chi connectivity index (χ1v) is 8.62. The summed E-state index contributed by atoms with van der Waals surface area (Å²) in [4.78, 5) is 17.0. The Labute approximate surface area is 152 Å². The molecule has 0 aromatic rings. The highest BCUT2D eigenvalue weighted by atomic mass is 35.5. The standard InChI is InChI=1S/C16H29N3O2.2ClH/c20-16(11-15-13-21-10-5-17-15)19-8-3-14(4-9-19)12-18-6-1-2-7-18;;/h14-15,17H,1-13H2;2*1H. The van der Waals surface area contributed by atoms with Gasteiger partial charge in [0, 0.05) is 38.6 Å². The summed E-state index contributed by atoms with van der Waals surface area (Å²) in [6, 6.07) is 0.216. The number of nitrogens with zero attached hydrogens (tertiary/aromatic N) is 2. The van der Waals surface area contributed by atoms with Crippen molar-refractivity contribution in [1.29, 1.82) is 0 Å². The molecule has 0 aliphatic carbocycles. The molecule has 0 saturated carbocycles. The van der Waals surface area contributed by atoms with E-state index in [1.165, 1.54) is 45.3 Å². The van der Waals surface area contributed by atoms with Gasteiger partial charge in [0.15, 0.2) is 0 Å². The van der Waals surface area contributed by atoms with Gasteiger partial charge in [0.1, 0.15) is 0 Å². The maximum Gasteiger partial charge on any atom is 0.224 e. The van der Waals surface area contributed by atoms with Gasteiger partial charge in [-0.25, -0.2) is 0 Å². The minimum atomic E-state index is 0. The van der Waals surface area contributed by atoms with E-state index < -0.39 is 0 Å². The Morgan fingerprint density at radius 2 is 1.78 bits per heavy atom. The molecule has 7 heteroatoms. The molecule has 136 valence electrons. The minimum Gasteiger partial charge on any atom is -0.378 e. The summed E-state index contributed by atoms with van der Waals surface area (Å²) >= 11 is 0. The highest BCUT2D eigenvalue weighted by Crippen LogP contribution is 2.21. The number of ether oxygens (including phenoxy) is 1. The van der Waals surface area contributed by atoms with Gasteiger partial charge in [-0.2, -0.15) is 0 Å². The van der Waals surface area contributed by atoms with Gasteiger partial charge < -0.3 is 19.9 Å². The van der Waals surface area contributed by atoms with Gasteiger partial charge in [-0.15, -0.1) is 24.8 Å². The van der Waals surface area contributed by atoms with E-state index in [1.54, 1.807) is 0 Å². The van der Waals surface area contributed by atoms with Gasteiger partial charge >= 0.3 is 0 Å². The van der Waals surface area contributed by atoms with Gasteiger partial charge in [0.2, 0.25) is 5.91 Å². The van der Waals surface area contributed by atoms with E-state index in [-0.39, 0.29) is 30.9 Å². The molecule has 1 amide bonds. The number of amides is 1. The Morgan fingerprint density at radius 3 is 2.39 bits per heavy atom. The number of halogens is 2. The molecule has 1 atom stereocenters. The van der Waals surface area contributed by atoms with Crippen LogP contribution in [0.15, 0.2) is 0 Å². The van der Waals surface area contributed by atoms with Gasteiger partial charge in [0.25, 0.3) is 0 Å². The summed E-state index contributed by atoms with van der Waals surface area (Å²) in [5, 5.41) is 3.37. The van der Waals surface area contributed by atoms with Crippen molar-refractivity contribution < 1.29 is 9.53 Å². The van der Waals surface area contributed by atoms with Crippen LogP contribution in [0.5, 0.6) is 0 Å². The third-order valence-electron chi connectivity index (χ3n) is 5.10. The zero-order valence-electron chi connectivity index (χ0n) is 13.9. The van der Waals surface area contributed by atoms with Crippen LogP contribution in [0.1, 0.15) is 32.1 Å². The number of carbonyl (C=O) groups excluding carboxylic acids is 1. The predicted octanol–water partition coefficient (Wildman–Crippen LogP) is 1.54. The lowest BCUT2D eigenvalue weighted by atomic mass is 9.96. The molecule has 3 heterocycles. The van der Waals surface area contributed by atoms with Gasteiger partial charge in [0.05, 0.1) is 13.2 Å². The lowest BCUT2D eigenvalue weighted by molar-refractivity contribution is -0.133. The largest absolute Gasteiger partial charge is 0.378 e. The number of piperidine rings is 1. The van der Waals surface area contributed by atoms with E-state index in [0.29, 0.717) is 18.9 Å². The molecule has 5 nitrogen and oxygen atoms in total. The van der Waals surface area contributed by atoms with E-state index in [4.69, 9.17) is 4.74 Å². The first-order valence-electron chi connectivity index (χ1n) is 8.62. The van der Waals surface area contributed by atoms with Crippen molar-refractivity contribution in [2.45, 2.75) is 38.1 Å². The highest BCUT2D eigenvalue weighted by Gasteiger charge is 2.27. The Morgan fingerprint density at radius 1 is 1.09 bits per heavy atom. The Bertz CT molecular complexity index is 340. The number of likely N-dealkylation sites (tertiary alicyclic amines) is 2. The van der Waals surface area contributed by atoms with Crippen LogP contribution in [-0.2, 0) is 9.53 Å². The molecule has 0 bridgehead atoms. The minimum absolute atomic E-state index is 0. The molecule has 3 rings (SSSR count). The number of carbonyl (C=O) groups is 1. The van der Waals surface area contributed by atoms with Crippen LogP contribution >= 0.6 is 24.8 Å². The number of rotatable bonds is 4. The van der Waals surface area contributed by atoms with Crippen LogP contribution in [0, 0.1) is 5.92 Å². The first kappa shape index (κ1) is 21.0. The maximum absolute atomic E-state index is 12.3. The average molecular weight is 368 g/mol. The SMILES string of the molecule is Cl.Cl.O=C(CC1COCCN1)N1CCC(CN2CCCC2)CC1. The summed E-state index contributed by atoms with van der Waals surface area (Å²) in [6.45, 7) is 8.04. The Hall–Kier alpha value is -0.0700. The van der Waals surface area contributed by atoms with Crippen LogP contribution in [0.3, 0.4) is 0 Å². The number of hydrogen-bond acceptors (Lipinski definition) is 4. The average Bonchev–Trinajstić information content (AvgIpc) is 3.02. The van der Waals surface area contributed by atoms with Crippen molar-refractivity contribution in [2.24, 2.45) is 5.92 Å². The lowest BCUT2D eigenvalue weighted by Gasteiger charge is -2.35. The molecule has 0 aromatic carbocycles. The van der Waals surface area contributed by atoms with Crippen molar-refractivity contribution in [1.82, 2.24) is 15.1 Å². The quantitative estimate of drug-likeness (QED) is 0.818. The summed E-state index contributed by atoms with van der Waals surface area (Å²) < 4.78 is 5.42. The molecule has 1 unspecified atom stereocenters. The molecule has 0 spiro atoms. The second kappa shape index (κ2) is 10.7. The van der Waals surface area contributed by atoms with Crippen molar-refractivity contribution >= 4 is 30.7 Å². The number of nitrogens with one attached hydrogen (secondary N) is 1. The highest BCUT2D eigenvalue weighted by molar-refractivity contribution is 5.85. The zero-order chi connectivity index (χ0) is 14.5. The van der Waals surface area contributed by atoms with Crippen LogP contribution in [0.4, 0.5) is 0 Å². The van der Waals surface area contributed by atoms with E-state index in [9.17, 15) is 4.79 Å². The van der Waals surface area contributed by atoms with Crippen molar-refractivity contribution in [3.8, 4) is 0 Å². The zero-order valence-corrected chi connectivity index (χ0v) is 15.5. The molecule has 0 radical (unpaired) electrons. The molecular weight excluding hydrogens is 337 g/mol. The van der Waals surface area contributed by atoms with Crippen molar-refractivity contribution in [2.75, 3.05) is 52.5 Å². The fourth-order valence-electron chi connectivity index (χ4n) is 3.79. The van der Waals surface area contributed by atoms with Crippen molar-refractivity contribution in [3.63, 3.8) is 0 Å². The van der Waals surface area contributed by atoms with Gasteiger partial charge in [-0.1, -0.05) is 0 Å². The van der Waals surface area contributed by atoms with Crippen LogP contribution in [0.2, 0.25) is 0 Å². The normalized spacial score (nSPS) is 26.4. The molecule has 3 aliphatic heterocycles. The molecule has 23 heavy (non-hydrogen) atoms. The summed E-state index contributed by atoms with van der Waals surface area (Å²) in [6.07, 6.45) is 5.69. The van der Waals surface area contributed by atoms with Crippen molar-refractivity contribution in [3.05, 3.63) is 0 Å². The first-order chi connectivity index (χ1) is 10.3. The third-order valence-corrected chi connectivity index (χ3v) is 5.10. The molecule has 0 aromatic heterocycles. The molecule has 3 aliphatic rings. The maximum atomic E-state index is 12.3. The van der Waals surface area contributed by atoms with Crippen LogP contribution in [0.25, 0.3) is 0 Å². The molecule has 3 fully saturated rings. The summed E-state index contributed by atoms with van der Waals surface area (Å²) in [5.74, 6) is 1.10. The van der Waals surface area contributed by atoms with E-state index >= 15 is 0 Å². The fraction of sp³-hybridized carbons (Fsp3) is 0.938. The predicted molar refractivity (Wildman–Crippen MR) is 96.7 cm³/mol. The second-order valence-electron chi connectivity index (χ2n) is 6.76. The van der Waals surface area contributed by atoms with E-state index in [2.05, 4.69) is 15.1 Å². The Balaban J connectivity index is 0.00000132. The van der Waals surface area contributed by atoms with Crippen LogP contribution in [-0.4, -0.2) is 74.2 Å².